The smallest absolute Gasteiger partial charge is 0.273 e. The van der Waals surface area contributed by atoms with Crippen molar-refractivity contribution in [3.05, 3.63) is 11.1 Å². The van der Waals surface area contributed by atoms with Crippen molar-refractivity contribution in [3.8, 4) is 0 Å². The highest BCUT2D eigenvalue weighted by Crippen LogP contribution is 2.33. The number of hydrogen-bond acceptors (Lipinski definition) is 5. The second-order valence-electron chi connectivity index (χ2n) is 7.88. The summed E-state index contributed by atoms with van der Waals surface area (Å²) in [6, 6.07) is 0. The number of nitrogen functional groups attached to an aromatic ring is 1. The Labute approximate surface area is 166 Å². The number of nitrogens with two attached hydrogens (primary N) is 1. The van der Waals surface area contributed by atoms with E-state index in [0.717, 1.165) is 64.7 Å². The maximum atomic E-state index is 12.6. The Morgan fingerprint density at radius 3 is 2.04 bits per heavy atom. The maximum absolute atomic E-state index is 12.6. The van der Waals surface area contributed by atoms with Gasteiger partial charge in [-0.05, 0) is 50.4 Å². The number of piperidine rings is 2. The van der Waals surface area contributed by atoms with E-state index in [4.69, 9.17) is 5.73 Å². The minimum atomic E-state index is 0.00647. The Morgan fingerprint density at radius 2 is 1.59 bits per heavy atom. The molecule has 7 heteroatoms. The van der Waals surface area contributed by atoms with Crippen LogP contribution in [0, 0.1) is 17.8 Å². The molecule has 0 aliphatic carbocycles. The van der Waals surface area contributed by atoms with Crippen LogP contribution < -0.4 is 5.73 Å². The topological polar surface area (TPSA) is 79.5 Å². The lowest BCUT2D eigenvalue weighted by Crippen LogP contribution is -2.45. The fraction of sp³-hybridized carbons (Fsp3) is 0.750. The molecule has 2 N–H and O–H groups in total. The van der Waals surface area contributed by atoms with Crippen molar-refractivity contribution in [1.82, 2.24) is 14.8 Å². The van der Waals surface area contributed by atoms with Gasteiger partial charge in [-0.1, -0.05) is 13.8 Å². The standard InChI is InChI=1S/C20H32N4O2S/c1-3-14(4-2)18(25)23-9-5-15(6-10-23)16-7-11-24(12-8-16)19(26)17-13-27-20(21)22-17/h13-16H,3-12H2,1-2H3,(H2,21,22). The molecule has 0 unspecified atom stereocenters. The molecule has 1 aromatic heterocycles. The van der Waals surface area contributed by atoms with Crippen molar-refractivity contribution in [2.45, 2.75) is 52.4 Å². The van der Waals surface area contributed by atoms with Gasteiger partial charge < -0.3 is 15.5 Å². The monoisotopic (exact) mass is 392 g/mol. The summed E-state index contributed by atoms with van der Waals surface area (Å²) in [4.78, 5) is 33.2. The molecule has 27 heavy (non-hydrogen) atoms. The van der Waals surface area contributed by atoms with E-state index < -0.39 is 0 Å². The molecule has 2 saturated heterocycles. The van der Waals surface area contributed by atoms with Crippen molar-refractivity contribution in [1.29, 1.82) is 0 Å². The Balaban J connectivity index is 1.46. The molecular weight excluding hydrogens is 360 g/mol. The molecule has 6 nitrogen and oxygen atoms in total. The van der Waals surface area contributed by atoms with Gasteiger partial charge in [0.25, 0.3) is 5.91 Å². The normalized spacial score (nSPS) is 19.7. The van der Waals surface area contributed by atoms with Gasteiger partial charge in [0.05, 0.1) is 0 Å². The highest BCUT2D eigenvalue weighted by atomic mass is 32.1. The zero-order valence-electron chi connectivity index (χ0n) is 16.5. The molecule has 2 amide bonds. The van der Waals surface area contributed by atoms with E-state index >= 15 is 0 Å². The van der Waals surface area contributed by atoms with E-state index in [2.05, 4.69) is 23.7 Å². The number of aromatic nitrogens is 1. The minimum Gasteiger partial charge on any atom is -0.375 e. The number of carbonyl (C=O) groups excluding carboxylic acids is 2. The summed E-state index contributed by atoms with van der Waals surface area (Å²) in [5.41, 5.74) is 6.12. The summed E-state index contributed by atoms with van der Waals surface area (Å²) < 4.78 is 0. The molecule has 2 aliphatic rings. The van der Waals surface area contributed by atoms with Crippen molar-refractivity contribution >= 4 is 28.3 Å². The second kappa shape index (κ2) is 9.04. The predicted octanol–water partition coefficient (Wildman–Crippen LogP) is 3.25. The first kappa shape index (κ1) is 20.1. The van der Waals surface area contributed by atoms with Crippen LogP contribution in [0.2, 0.25) is 0 Å². The van der Waals surface area contributed by atoms with Gasteiger partial charge >= 0.3 is 0 Å². The fourth-order valence-electron chi connectivity index (χ4n) is 4.61. The first-order valence-corrected chi connectivity index (χ1v) is 11.2. The Kier molecular flexibility index (Phi) is 6.73. The predicted molar refractivity (Wildman–Crippen MR) is 109 cm³/mol. The molecular formula is C20H32N4O2S. The highest BCUT2D eigenvalue weighted by Gasteiger charge is 2.33. The third kappa shape index (κ3) is 4.62. The van der Waals surface area contributed by atoms with E-state index in [-0.39, 0.29) is 11.8 Å². The number of likely N-dealkylation sites (tertiary alicyclic amines) is 2. The third-order valence-corrected chi connectivity index (χ3v) is 7.09. The lowest BCUT2D eigenvalue weighted by Gasteiger charge is -2.40. The van der Waals surface area contributed by atoms with Crippen LogP contribution >= 0.6 is 11.3 Å². The molecule has 0 atom stereocenters. The average Bonchev–Trinajstić information content (AvgIpc) is 3.15. The van der Waals surface area contributed by atoms with Gasteiger partial charge in [-0.15, -0.1) is 11.3 Å². The molecule has 2 aliphatic heterocycles. The van der Waals surface area contributed by atoms with Crippen LogP contribution in [0.25, 0.3) is 0 Å². The summed E-state index contributed by atoms with van der Waals surface area (Å²) in [6.07, 6.45) is 6.19. The number of anilines is 1. The summed E-state index contributed by atoms with van der Waals surface area (Å²) >= 11 is 1.31. The number of thiazole rings is 1. The zero-order valence-corrected chi connectivity index (χ0v) is 17.3. The number of hydrogen-bond donors (Lipinski definition) is 1. The van der Waals surface area contributed by atoms with E-state index in [9.17, 15) is 9.59 Å². The molecule has 3 heterocycles. The van der Waals surface area contributed by atoms with Gasteiger partial charge in [0.15, 0.2) is 5.13 Å². The first-order valence-electron chi connectivity index (χ1n) is 10.3. The van der Waals surface area contributed by atoms with Crippen LogP contribution in [0.4, 0.5) is 5.13 Å². The van der Waals surface area contributed by atoms with Gasteiger partial charge in [0, 0.05) is 37.5 Å². The van der Waals surface area contributed by atoms with Gasteiger partial charge in [0.2, 0.25) is 5.91 Å². The lowest BCUT2D eigenvalue weighted by molar-refractivity contribution is -0.137. The van der Waals surface area contributed by atoms with Crippen molar-refractivity contribution < 1.29 is 9.59 Å². The van der Waals surface area contributed by atoms with E-state index in [1.54, 1.807) is 5.38 Å². The van der Waals surface area contributed by atoms with Crippen LogP contribution in [0.5, 0.6) is 0 Å². The van der Waals surface area contributed by atoms with Crippen LogP contribution in [-0.4, -0.2) is 52.8 Å². The van der Waals surface area contributed by atoms with Crippen molar-refractivity contribution in [2.75, 3.05) is 31.9 Å². The Hall–Kier alpha value is -1.63. The van der Waals surface area contributed by atoms with E-state index in [0.29, 0.717) is 28.6 Å². The maximum Gasteiger partial charge on any atom is 0.273 e. The average molecular weight is 393 g/mol. The van der Waals surface area contributed by atoms with Crippen LogP contribution in [-0.2, 0) is 4.79 Å². The summed E-state index contributed by atoms with van der Waals surface area (Å²) in [7, 11) is 0. The van der Waals surface area contributed by atoms with Gasteiger partial charge in [-0.25, -0.2) is 4.98 Å². The summed E-state index contributed by atoms with van der Waals surface area (Å²) in [6.45, 7) is 7.61. The molecule has 0 radical (unpaired) electrons. The fourth-order valence-corrected chi connectivity index (χ4v) is 5.15. The lowest BCUT2D eigenvalue weighted by atomic mass is 9.78. The van der Waals surface area contributed by atoms with E-state index in [1.165, 1.54) is 11.3 Å². The van der Waals surface area contributed by atoms with Crippen molar-refractivity contribution in [3.63, 3.8) is 0 Å². The second-order valence-corrected chi connectivity index (χ2v) is 8.77. The van der Waals surface area contributed by atoms with Gasteiger partial charge in [-0.3, -0.25) is 9.59 Å². The molecule has 0 bridgehead atoms. The molecule has 0 saturated carbocycles. The van der Waals surface area contributed by atoms with Crippen LogP contribution in [0.15, 0.2) is 5.38 Å². The quantitative estimate of drug-likeness (QED) is 0.834. The molecule has 150 valence electrons. The largest absolute Gasteiger partial charge is 0.375 e. The zero-order chi connectivity index (χ0) is 19.4. The molecule has 0 aromatic carbocycles. The van der Waals surface area contributed by atoms with Crippen LogP contribution in [0.1, 0.15) is 62.9 Å². The van der Waals surface area contributed by atoms with E-state index in [1.807, 2.05) is 4.90 Å². The summed E-state index contributed by atoms with van der Waals surface area (Å²) in [5, 5.41) is 2.19. The highest BCUT2D eigenvalue weighted by molar-refractivity contribution is 7.13. The summed E-state index contributed by atoms with van der Waals surface area (Å²) in [5.74, 6) is 1.90. The molecule has 0 spiro atoms. The van der Waals surface area contributed by atoms with Crippen LogP contribution in [0.3, 0.4) is 0 Å². The number of rotatable bonds is 5. The number of amides is 2. The Bertz CT molecular complexity index is 642. The molecule has 3 rings (SSSR count). The first-order chi connectivity index (χ1) is 13.0. The number of nitrogens with zero attached hydrogens (tertiary/aromatic N) is 3. The van der Waals surface area contributed by atoms with Gasteiger partial charge in [-0.2, -0.15) is 0 Å². The van der Waals surface area contributed by atoms with Crippen molar-refractivity contribution in [2.24, 2.45) is 17.8 Å². The van der Waals surface area contributed by atoms with Gasteiger partial charge in [0.1, 0.15) is 5.69 Å². The SMILES string of the molecule is CCC(CC)C(=O)N1CCC(C2CCN(C(=O)c3csc(N)n3)CC2)CC1. The molecule has 1 aromatic rings. The Morgan fingerprint density at radius 1 is 1.07 bits per heavy atom. The minimum absolute atomic E-state index is 0.00647. The number of carbonyl (C=O) groups is 2. The third-order valence-electron chi connectivity index (χ3n) is 6.42. The molecule has 2 fully saturated rings.